The van der Waals surface area contributed by atoms with Crippen molar-refractivity contribution in [2.45, 2.75) is 38.1 Å². The van der Waals surface area contributed by atoms with Crippen LogP contribution < -0.4 is 10.6 Å². The highest BCUT2D eigenvalue weighted by molar-refractivity contribution is 14.1. The van der Waals surface area contributed by atoms with Gasteiger partial charge in [0.05, 0.1) is 0 Å². The minimum atomic E-state index is -0.591. The molecule has 0 unspecified atom stereocenters. The largest absolute Gasteiger partial charge is 0.345 e. The Morgan fingerprint density at radius 1 is 1.00 bits per heavy atom. The summed E-state index contributed by atoms with van der Waals surface area (Å²) in [5.41, 5.74) is 0.643. The minimum absolute atomic E-state index is 0.156. The molecular formula is C14H17IN2O2. The monoisotopic (exact) mass is 372 g/mol. The van der Waals surface area contributed by atoms with Crippen molar-refractivity contribution in [3.05, 3.63) is 27.8 Å². The third-order valence-electron chi connectivity index (χ3n) is 3.25. The maximum Gasteiger partial charge on any atom is 0.313 e. The van der Waals surface area contributed by atoms with Crippen LogP contribution in [0.1, 0.15) is 32.1 Å². The minimum Gasteiger partial charge on any atom is -0.345 e. The lowest BCUT2D eigenvalue weighted by Crippen LogP contribution is -2.42. The third-order valence-corrected chi connectivity index (χ3v) is 3.97. The summed E-state index contributed by atoms with van der Waals surface area (Å²) >= 11 is 2.19. The maximum atomic E-state index is 11.8. The van der Waals surface area contributed by atoms with E-state index in [9.17, 15) is 9.59 Å². The second-order valence-corrected chi connectivity index (χ2v) is 6.02. The lowest BCUT2D eigenvalue weighted by atomic mass is 9.95. The number of anilines is 1. The molecule has 0 aliphatic heterocycles. The molecule has 0 atom stereocenters. The number of carbonyl (C=O) groups is 2. The average molecular weight is 372 g/mol. The summed E-state index contributed by atoms with van der Waals surface area (Å²) in [4.78, 5) is 23.5. The van der Waals surface area contributed by atoms with Gasteiger partial charge in [-0.05, 0) is 59.7 Å². The van der Waals surface area contributed by atoms with Gasteiger partial charge < -0.3 is 10.6 Å². The summed E-state index contributed by atoms with van der Waals surface area (Å²) in [5, 5.41) is 5.40. The lowest BCUT2D eigenvalue weighted by molar-refractivity contribution is -0.136. The molecule has 2 N–H and O–H groups in total. The number of benzene rings is 1. The second kappa shape index (κ2) is 6.88. The van der Waals surface area contributed by atoms with Crippen molar-refractivity contribution < 1.29 is 9.59 Å². The van der Waals surface area contributed by atoms with Gasteiger partial charge in [-0.3, -0.25) is 9.59 Å². The van der Waals surface area contributed by atoms with Gasteiger partial charge in [0.2, 0.25) is 0 Å². The molecular weight excluding hydrogens is 355 g/mol. The standard InChI is InChI=1S/C14H17IN2O2/c15-10-6-8-12(9-7-10)17-14(19)13(18)16-11-4-2-1-3-5-11/h6-9,11H,1-5H2,(H,16,18)(H,17,19). The molecule has 0 spiro atoms. The van der Waals surface area contributed by atoms with Crippen molar-refractivity contribution in [3.63, 3.8) is 0 Å². The van der Waals surface area contributed by atoms with E-state index in [2.05, 4.69) is 33.2 Å². The summed E-state index contributed by atoms with van der Waals surface area (Å²) in [7, 11) is 0. The van der Waals surface area contributed by atoms with Gasteiger partial charge in [-0.15, -0.1) is 0 Å². The first kappa shape index (κ1) is 14.3. The van der Waals surface area contributed by atoms with Gasteiger partial charge in [-0.25, -0.2) is 0 Å². The molecule has 5 heteroatoms. The molecule has 1 aliphatic rings. The van der Waals surface area contributed by atoms with Crippen LogP contribution in [-0.2, 0) is 9.59 Å². The van der Waals surface area contributed by atoms with E-state index >= 15 is 0 Å². The molecule has 1 fully saturated rings. The number of rotatable bonds is 2. The number of hydrogen-bond donors (Lipinski definition) is 2. The second-order valence-electron chi connectivity index (χ2n) is 4.77. The smallest absolute Gasteiger partial charge is 0.313 e. The predicted octanol–water partition coefficient (Wildman–Crippen LogP) is 2.68. The summed E-state index contributed by atoms with van der Waals surface area (Å²) in [6, 6.07) is 7.50. The fraction of sp³-hybridized carbons (Fsp3) is 0.429. The van der Waals surface area contributed by atoms with Crippen LogP contribution >= 0.6 is 22.6 Å². The quantitative estimate of drug-likeness (QED) is 0.620. The first-order valence-corrected chi connectivity index (χ1v) is 7.60. The van der Waals surface area contributed by atoms with E-state index in [1.54, 1.807) is 12.1 Å². The number of nitrogens with one attached hydrogen (secondary N) is 2. The predicted molar refractivity (Wildman–Crippen MR) is 82.8 cm³/mol. The van der Waals surface area contributed by atoms with Crippen molar-refractivity contribution in [1.82, 2.24) is 5.32 Å². The summed E-state index contributed by atoms with van der Waals surface area (Å²) < 4.78 is 1.09. The molecule has 0 saturated heterocycles. The molecule has 1 aromatic carbocycles. The van der Waals surface area contributed by atoms with Crippen LogP contribution in [0.3, 0.4) is 0 Å². The summed E-state index contributed by atoms with van der Waals surface area (Å²) in [6.07, 6.45) is 5.43. The van der Waals surface area contributed by atoms with E-state index < -0.39 is 11.8 Å². The van der Waals surface area contributed by atoms with Crippen LogP contribution in [0.4, 0.5) is 5.69 Å². The van der Waals surface area contributed by atoms with Gasteiger partial charge in [-0.2, -0.15) is 0 Å². The summed E-state index contributed by atoms with van der Waals surface area (Å²) in [5.74, 6) is -1.13. The first-order valence-electron chi connectivity index (χ1n) is 6.52. The van der Waals surface area contributed by atoms with E-state index in [0.29, 0.717) is 5.69 Å². The molecule has 2 amide bonds. The van der Waals surface area contributed by atoms with Crippen LogP contribution in [0.15, 0.2) is 24.3 Å². The Labute approximate surface area is 126 Å². The molecule has 1 aromatic rings. The van der Waals surface area contributed by atoms with Gasteiger partial charge >= 0.3 is 11.8 Å². The lowest BCUT2D eigenvalue weighted by Gasteiger charge is -2.22. The zero-order valence-corrected chi connectivity index (χ0v) is 12.8. The Morgan fingerprint density at radius 3 is 2.26 bits per heavy atom. The molecule has 102 valence electrons. The highest BCUT2D eigenvalue weighted by Gasteiger charge is 2.20. The van der Waals surface area contributed by atoms with Gasteiger partial charge in [0, 0.05) is 15.3 Å². The van der Waals surface area contributed by atoms with E-state index in [1.807, 2.05) is 12.1 Å². The number of carbonyl (C=O) groups excluding carboxylic acids is 2. The number of hydrogen-bond acceptors (Lipinski definition) is 2. The van der Waals surface area contributed by atoms with E-state index in [0.717, 1.165) is 29.3 Å². The molecule has 0 radical (unpaired) electrons. The zero-order valence-electron chi connectivity index (χ0n) is 10.6. The molecule has 1 saturated carbocycles. The molecule has 0 heterocycles. The van der Waals surface area contributed by atoms with E-state index in [1.165, 1.54) is 6.42 Å². The highest BCUT2D eigenvalue weighted by Crippen LogP contribution is 2.17. The Hall–Kier alpha value is -1.11. The van der Waals surface area contributed by atoms with Crippen molar-refractivity contribution in [1.29, 1.82) is 0 Å². The average Bonchev–Trinajstić information content (AvgIpc) is 2.42. The van der Waals surface area contributed by atoms with E-state index in [4.69, 9.17) is 0 Å². The fourth-order valence-corrected chi connectivity index (χ4v) is 2.58. The van der Waals surface area contributed by atoms with E-state index in [-0.39, 0.29) is 6.04 Å². The van der Waals surface area contributed by atoms with Crippen molar-refractivity contribution in [2.24, 2.45) is 0 Å². The Kier molecular flexibility index (Phi) is 5.18. The highest BCUT2D eigenvalue weighted by atomic mass is 127. The molecule has 4 nitrogen and oxygen atoms in total. The van der Waals surface area contributed by atoms with Crippen LogP contribution in [0, 0.1) is 3.57 Å². The molecule has 19 heavy (non-hydrogen) atoms. The van der Waals surface area contributed by atoms with Crippen LogP contribution in [0.5, 0.6) is 0 Å². The van der Waals surface area contributed by atoms with Gasteiger partial charge in [-0.1, -0.05) is 19.3 Å². The van der Waals surface area contributed by atoms with Gasteiger partial charge in [0.15, 0.2) is 0 Å². The van der Waals surface area contributed by atoms with Crippen molar-refractivity contribution >= 4 is 40.1 Å². The molecule has 1 aliphatic carbocycles. The fourth-order valence-electron chi connectivity index (χ4n) is 2.22. The molecule has 0 bridgehead atoms. The first-order chi connectivity index (χ1) is 9.15. The summed E-state index contributed by atoms with van der Waals surface area (Å²) in [6.45, 7) is 0. The topological polar surface area (TPSA) is 58.2 Å². The SMILES string of the molecule is O=C(Nc1ccc(I)cc1)C(=O)NC1CCCCC1. The number of halogens is 1. The maximum absolute atomic E-state index is 11.8. The number of amides is 2. The van der Waals surface area contributed by atoms with Crippen molar-refractivity contribution in [3.8, 4) is 0 Å². The Bertz CT molecular complexity index is 453. The Balaban J connectivity index is 1.84. The van der Waals surface area contributed by atoms with Gasteiger partial charge in [0.1, 0.15) is 0 Å². The van der Waals surface area contributed by atoms with Crippen LogP contribution in [-0.4, -0.2) is 17.9 Å². The zero-order chi connectivity index (χ0) is 13.7. The van der Waals surface area contributed by atoms with Crippen LogP contribution in [0.2, 0.25) is 0 Å². The molecule has 2 rings (SSSR count). The van der Waals surface area contributed by atoms with Gasteiger partial charge in [0.25, 0.3) is 0 Å². The normalized spacial score (nSPS) is 15.8. The molecule has 0 aromatic heterocycles. The van der Waals surface area contributed by atoms with Crippen LogP contribution in [0.25, 0.3) is 0 Å². The van der Waals surface area contributed by atoms with Crippen molar-refractivity contribution in [2.75, 3.05) is 5.32 Å². The Morgan fingerprint density at radius 2 is 1.63 bits per heavy atom. The third kappa shape index (κ3) is 4.49.